The summed E-state index contributed by atoms with van der Waals surface area (Å²) in [5.41, 5.74) is 6.16. The molecule has 1 amide bonds. The lowest BCUT2D eigenvalue weighted by Gasteiger charge is -2.17. The number of hydrogen-bond acceptors (Lipinski definition) is 2. The highest BCUT2D eigenvalue weighted by Crippen LogP contribution is 2.24. The third-order valence-electron chi connectivity index (χ3n) is 3.25. The van der Waals surface area contributed by atoms with Crippen molar-refractivity contribution >= 4 is 5.91 Å². The van der Waals surface area contributed by atoms with Crippen molar-refractivity contribution in [2.45, 2.75) is 18.7 Å². The van der Waals surface area contributed by atoms with Gasteiger partial charge in [-0.2, -0.15) is 0 Å². The highest BCUT2D eigenvalue weighted by molar-refractivity contribution is 5.94. The van der Waals surface area contributed by atoms with Crippen LogP contribution in [-0.2, 0) is 6.42 Å². The number of nitrogens with two attached hydrogens (primary N) is 1. The SMILES string of the molecule is NC(=O)c1ccccc1C[C@H](F)[C@@H](O)c1ccc(F)cc1. The average Bonchev–Trinajstić information content (AvgIpc) is 2.47. The molecule has 0 aromatic heterocycles. The van der Waals surface area contributed by atoms with E-state index in [1.54, 1.807) is 18.2 Å². The summed E-state index contributed by atoms with van der Waals surface area (Å²) in [6, 6.07) is 11.4. The minimum Gasteiger partial charge on any atom is -0.385 e. The molecule has 110 valence electrons. The summed E-state index contributed by atoms with van der Waals surface area (Å²) in [6.07, 6.45) is -3.18. The molecule has 2 aromatic rings. The average molecular weight is 291 g/mol. The Kier molecular flexibility index (Phi) is 4.65. The standard InChI is InChI=1S/C16H15F2NO2/c17-12-7-5-10(6-8-12)15(20)14(18)9-11-3-1-2-4-13(11)16(19)21/h1-8,14-15,20H,9H2,(H2,19,21)/t14-,15-/m0/s1. The van der Waals surface area contributed by atoms with Gasteiger partial charge in [0.1, 0.15) is 18.1 Å². The molecule has 0 saturated heterocycles. The molecule has 21 heavy (non-hydrogen) atoms. The predicted molar refractivity (Wildman–Crippen MR) is 74.9 cm³/mol. The summed E-state index contributed by atoms with van der Waals surface area (Å²) in [7, 11) is 0. The highest BCUT2D eigenvalue weighted by Gasteiger charge is 2.22. The van der Waals surface area contributed by atoms with Crippen molar-refractivity contribution in [2.75, 3.05) is 0 Å². The highest BCUT2D eigenvalue weighted by atomic mass is 19.1. The van der Waals surface area contributed by atoms with Crippen LogP contribution in [0.25, 0.3) is 0 Å². The van der Waals surface area contributed by atoms with Gasteiger partial charge < -0.3 is 10.8 Å². The Labute approximate surface area is 121 Å². The fourth-order valence-corrected chi connectivity index (χ4v) is 2.13. The second-order valence-corrected chi connectivity index (χ2v) is 4.74. The van der Waals surface area contributed by atoms with Gasteiger partial charge in [-0.15, -0.1) is 0 Å². The Bertz CT molecular complexity index is 628. The van der Waals surface area contributed by atoms with Crippen molar-refractivity contribution in [3.8, 4) is 0 Å². The summed E-state index contributed by atoms with van der Waals surface area (Å²) < 4.78 is 27.0. The second kappa shape index (κ2) is 6.45. The number of aliphatic hydroxyl groups is 1. The molecule has 0 heterocycles. The van der Waals surface area contributed by atoms with Crippen molar-refractivity contribution < 1.29 is 18.7 Å². The Morgan fingerprint density at radius 2 is 1.76 bits per heavy atom. The van der Waals surface area contributed by atoms with Crippen molar-refractivity contribution in [3.63, 3.8) is 0 Å². The number of aliphatic hydroxyl groups excluding tert-OH is 1. The second-order valence-electron chi connectivity index (χ2n) is 4.74. The number of benzene rings is 2. The first-order valence-corrected chi connectivity index (χ1v) is 6.44. The zero-order valence-corrected chi connectivity index (χ0v) is 11.2. The van der Waals surface area contributed by atoms with Gasteiger partial charge in [0.25, 0.3) is 0 Å². The summed E-state index contributed by atoms with van der Waals surface area (Å²) in [4.78, 5) is 11.3. The van der Waals surface area contributed by atoms with E-state index in [1.807, 2.05) is 0 Å². The molecule has 0 unspecified atom stereocenters. The number of hydrogen-bond donors (Lipinski definition) is 2. The van der Waals surface area contributed by atoms with Gasteiger partial charge >= 0.3 is 0 Å². The molecule has 0 saturated carbocycles. The van der Waals surface area contributed by atoms with Crippen LogP contribution in [0.3, 0.4) is 0 Å². The van der Waals surface area contributed by atoms with Gasteiger partial charge in [0.2, 0.25) is 5.91 Å². The minimum absolute atomic E-state index is 0.155. The van der Waals surface area contributed by atoms with Gasteiger partial charge in [0.15, 0.2) is 0 Å². The molecule has 2 aromatic carbocycles. The Morgan fingerprint density at radius 1 is 1.14 bits per heavy atom. The summed E-state index contributed by atoms with van der Waals surface area (Å²) in [6.45, 7) is 0. The molecule has 0 spiro atoms. The van der Waals surface area contributed by atoms with E-state index in [-0.39, 0.29) is 17.5 Å². The Morgan fingerprint density at radius 3 is 2.38 bits per heavy atom. The van der Waals surface area contributed by atoms with E-state index in [0.29, 0.717) is 5.56 Å². The number of carbonyl (C=O) groups is 1. The van der Waals surface area contributed by atoms with Crippen LogP contribution >= 0.6 is 0 Å². The van der Waals surface area contributed by atoms with Gasteiger partial charge in [0.05, 0.1) is 0 Å². The van der Waals surface area contributed by atoms with E-state index in [2.05, 4.69) is 0 Å². The third kappa shape index (κ3) is 3.64. The van der Waals surface area contributed by atoms with E-state index in [4.69, 9.17) is 5.73 Å². The van der Waals surface area contributed by atoms with Crippen molar-refractivity contribution in [2.24, 2.45) is 5.73 Å². The number of primary amides is 1. The molecule has 0 bridgehead atoms. The number of carbonyl (C=O) groups excluding carboxylic acids is 1. The maximum Gasteiger partial charge on any atom is 0.248 e. The lowest BCUT2D eigenvalue weighted by Crippen LogP contribution is -2.20. The summed E-state index contributed by atoms with van der Waals surface area (Å²) in [5.74, 6) is -1.10. The summed E-state index contributed by atoms with van der Waals surface area (Å²) >= 11 is 0. The molecule has 0 aliphatic carbocycles. The zero-order chi connectivity index (χ0) is 15.4. The molecule has 3 nitrogen and oxygen atoms in total. The van der Waals surface area contributed by atoms with Crippen LogP contribution in [0.4, 0.5) is 8.78 Å². The summed E-state index contributed by atoms with van der Waals surface area (Å²) in [5, 5.41) is 9.96. The molecule has 0 aliphatic heterocycles. The molecular weight excluding hydrogens is 276 g/mol. The van der Waals surface area contributed by atoms with Crippen LogP contribution < -0.4 is 5.73 Å². The maximum atomic E-state index is 14.2. The largest absolute Gasteiger partial charge is 0.385 e. The number of alkyl halides is 1. The van der Waals surface area contributed by atoms with Crippen LogP contribution in [0.15, 0.2) is 48.5 Å². The minimum atomic E-state index is -1.63. The van der Waals surface area contributed by atoms with E-state index in [9.17, 15) is 18.7 Å². The number of amides is 1. The van der Waals surface area contributed by atoms with Gasteiger partial charge in [-0.05, 0) is 29.3 Å². The third-order valence-corrected chi connectivity index (χ3v) is 3.25. The lowest BCUT2D eigenvalue weighted by molar-refractivity contribution is 0.0773. The van der Waals surface area contributed by atoms with Crippen LogP contribution in [-0.4, -0.2) is 17.2 Å². The molecule has 2 rings (SSSR count). The lowest BCUT2D eigenvalue weighted by atomic mass is 9.96. The first-order chi connectivity index (χ1) is 9.99. The molecule has 0 fully saturated rings. The van der Waals surface area contributed by atoms with Gasteiger partial charge in [-0.1, -0.05) is 30.3 Å². The monoisotopic (exact) mass is 291 g/mol. The van der Waals surface area contributed by atoms with E-state index in [1.165, 1.54) is 18.2 Å². The molecular formula is C16H15F2NO2. The number of halogens is 2. The first kappa shape index (κ1) is 15.1. The predicted octanol–water partition coefficient (Wildman–Crippen LogP) is 2.54. The van der Waals surface area contributed by atoms with Crippen LogP contribution in [0, 0.1) is 5.82 Å². The molecule has 0 aliphatic rings. The van der Waals surface area contributed by atoms with Crippen LogP contribution in [0.5, 0.6) is 0 Å². The molecule has 0 radical (unpaired) electrons. The van der Waals surface area contributed by atoms with E-state index in [0.717, 1.165) is 12.1 Å². The zero-order valence-electron chi connectivity index (χ0n) is 11.2. The Balaban J connectivity index is 2.16. The van der Waals surface area contributed by atoms with E-state index < -0.39 is 24.0 Å². The molecule has 5 heteroatoms. The topological polar surface area (TPSA) is 63.3 Å². The fourth-order valence-electron chi connectivity index (χ4n) is 2.13. The van der Waals surface area contributed by atoms with E-state index >= 15 is 0 Å². The fraction of sp³-hybridized carbons (Fsp3) is 0.188. The normalized spacial score (nSPS) is 13.7. The maximum absolute atomic E-state index is 14.2. The van der Waals surface area contributed by atoms with Crippen LogP contribution in [0.2, 0.25) is 0 Å². The van der Waals surface area contributed by atoms with Crippen molar-refractivity contribution in [3.05, 3.63) is 71.0 Å². The quantitative estimate of drug-likeness (QED) is 0.889. The van der Waals surface area contributed by atoms with Gasteiger partial charge in [-0.3, -0.25) is 4.79 Å². The molecule has 2 atom stereocenters. The smallest absolute Gasteiger partial charge is 0.248 e. The Hall–Kier alpha value is -2.27. The van der Waals surface area contributed by atoms with Crippen LogP contribution in [0.1, 0.15) is 27.6 Å². The van der Waals surface area contributed by atoms with Gasteiger partial charge in [-0.25, -0.2) is 8.78 Å². The van der Waals surface area contributed by atoms with Gasteiger partial charge in [0, 0.05) is 12.0 Å². The van der Waals surface area contributed by atoms with Crippen molar-refractivity contribution in [1.82, 2.24) is 0 Å². The van der Waals surface area contributed by atoms with Crippen molar-refractivity contribution in [1.29, 1.82) is 0 Å². The molecule has 3 N–H and O–H groups in total. The first-order valence-electron chi connectivity index (χ1n) is 6.44. The number of rotatable bonds is 5.